The minimum Gasteiger partial charge on any atom is -0.492 e. The highest BCUT2D eigenvalue weighted by atomic mass is 32.1. The molecule has 0 fully saturated rings. The first kappa shape index (κ1) is 16.9. The molecule has 0 aliphatic heterocycles. The lowest BCUT2D eigenvalue weighted by molar-refractivity contribution is 0.141. The van der Waals surface area contributed by atoms with Gasteiger partial charge in [-0.3, -0.25) is 4.90 Å². The third-order valence-corrected chi connectivity index (χ3v) is 3.21. The molecule has 0 saturated heterocycles. The van der Waals surface area contributed by atoms with Crippen molar-refractivity contribution in [1.82, 2.24) is 4.90 Å². The predicted molar refractivity (Wildman–Crippen MR) is 86.2 cm³/mol. The molecule has 0 unspecified atom stereocenters. The quantitative estimate of drug-likeness (QED) is 0.678. The molecular formula is C15H24N2O2S. The summed E-state index contributed by atoms with van der Waals surface area (Å²) in [5.74, 6) is 0.837. The summed E-state index contributed by atoms with van der Waals surface area (Å²) in [4.78, 5) is 2.68. The molecule has 0 spiro atoms. The van der Waals surface area contributed by atoms with E-state index in [1.165, 1.54) is 0 Å². The van der Waals surface area contributed by atoms with Crippen LogP contribution in [0.4, 0.5) is 0 Å². The highest BCUT2D eigenvalue weighted by Crippen LogP contribution is 2.12. The number of rotatable bonds is 9. The third kappa shape index (κ3) is 6.32. The van der Waals surface area contributed by atoms with E-state index in [4.69, 9.17) is 27.8 Å². The van der Waals surface area contributed by atoms with Gasteiger partial charge in [0.1, 0.15) is 12.4 Å². The molecule has 0 bridgehead atoms. The molecule has 112 valence electrons. The molecule has 1 aromatic carbocycles. The summed E-state index contributed by atoms with van der Waals surface area (Å²) >= 11 is 4.88. The molecule has 0 heterocycles. The van der Waals surface area contributed by atoms with Crippen molar-refractivity contribution in [2.24, 2.45) is 5.73 Å². The summed E-state index contributed by atoms with van der Waals surface area (Å²) in [5, 5.41) is 9.00. The average Bonchev–Trinajstić information content (AvgIpc) is 2.39. The van der Waals surface area contributed by atoms with Crippen LogP contribution in [-0.4, -0.2) is 47.3 Å². The van der Waals surface area contributed by atoms with Crippen molar-refractivity contribution >= 4 is 17.2 Å². The SMILES string of the molecule is CC(C)N(CCO)CCOc1ccc(CC(N)=S)cc1. The van der Waals surface area contributed by atoms with E-state index in [-0.39, 0.29) is 6.61 Å². The van der Waals surface area contributed by atoms with Gasteiger partial charge in [0.05, 0.1) is 11.6 Å². The molecule has 0 aromatic heterocycles. The molecule has 0 saturated carbocycles. The van der Waals surface area contributed by atoms with Gasteiger partial charge in [-0.2, -0.15) is 0 Å². The van der Waals surface area contributed by atoms with E-state index < -0.39 is 0 Å². The summed E-state index contributed by atoms with van der Waals surface area (Å²) in [6.07, 6.45) is 0.618. The fraction of sp³-hybridized carbons (Fsp3) is 0.533. The molecule has 3 N–H and O–H groups in total. The van der Waals surface area contributed by atoms with E-state index in [0.29, 0.717) is 30.6 Å². The summed E-state index contributed by atoms with van der Waals surface area (Å²) < 4.78 is 5.71. The van der Waals surface area contributed by atoms with Gasteiger partial charge in [0.2, 0.25) is 0 Å². The Morgan fingerprint density at radius 2 is 1.95 bits per heavy atom. The molecule has 0 radical (unpaired) electrons. The maximum Gasteiger partial charge on any atom is 0.119 e. The Kier molecular flexibility index (Phi) is 7.51. The third-order valence-electron chi connectivity index (χ3n) is 3.07. The van der Waals surface area contributed by atoms with E-state index in [9.17, 15) is 0 Å². The maximum atomic E-state index is 9.00. The Labute approximate surface area is 126 Å². The highest BCUT2D eigenvalue weighted by molar-refractivity contribution is 7.80. The minimum atomic E-state index is 0.172. The van der Waals surface area contributed by atoms with Crippen LogP contribution < -0.4 is 10.5 Å². The molecule has 5 heteroatoms. The first-order valence-corrected chi connectivity index (χ1v) is 7.28. The van der Waals surface area contributed by atoms with E-state index >= 15 is 0 Å². The van der Waals surface area contributed by atoms with Crippen LogP contribution in [-0.2, 0) is 6.42 Å². The van der Waals surface area contributed by atoms with E-state index in [2.05, 4.69) is 18.7 Å². The molecule has 20 heavy (non-hydrogen) atoms. The molecule has 4 nitrogen and oxygen atoms in total. The summed E-state index contributed by atoms with van der Waals surface area (Å²) in [5.41, 5.74) is 6.60. The Morgan fingerprint density at radius 1 is 1.30 bits per heavy atom. The molecule has 0 amide bonds. The second-order valence-electron chi connectivity index (χ2n) is 4.99. The van der Waals surface area contributed by atoms with Crippen LogP contribution in [0.15, 0.2) is 24.3 Å². The Morgan fingerprint density at radius 3 is 2.45 bits per heavy atom. The number of hydrogen-bond acceptors (Lipinski definition) is 4. The molecule has 1 aromatic rings. The van der Waals surface area contributed by atoms with Gasteiger partial charge in [-0.05, 0) is 31.5 Å². The van der Waals surface area contributed by atoms with Gasteiger partial charge >= 0.3 is 0 Å². The number of hydrogen-bond donors (Lipinski definition) is 2. The van der Waals surface area contributed by atoms with Crippen molar-refractivity contribution in [2.75, 3.05) is 26.3 Å². The Bertz CT molecular complexity index is 407. The van der Waals surface area contributed by atoms with E-state index in [0.717, 1.165) is 17.9 Å². The van der Waals surface area contributed by atoms with Gasteiger partial charge in [0, 0.05) is 25.6 Å². The topological polar surface area (TPSA) is 58.7 Å². The lowest BCUT2D eigenvalue weighted by atomic mass is 10.1. The van der Waals surface area contributed by atoms with Gasteiger partial charge in [-0.25, -0.2) is 0 Å². The summed E-state index contributed by atoms with van der Waals surface area (Å²) in [7, 11) is 0. The molecule has 0 atom stereocenters. The number of ether oxygens (including phenoxy) is 1. The molecule has 1 rings (SSSR count). The number of benzene rings is 1. The zero-order valence-electron chi connectivity index (χ0n) is 12.2. The minimum absolute atomic E-state index is 0.172. The smallest absolute Gasteiger partial charge is 0.119 e. The summed E-state index contributed by atoms with van der Waals surface area (Å²) in [6, 6.07) is 8.21. The fourth-order valence-corrected chi connectivity index (χ4v) is 2.11. The highest BCUT2D eigenvalue weighted by Gasteiger charge is 2.08. The summed E-state index contributed by atoms with van der Waals surface area (Å²) in [6.45, 7) is 6.47. The van der Waals surface area contributed by atoms with Crippen LogP contribution in [0, 0.1) is 0 Å². The maximum absolute atomic E-state index is 9.00. The van der Waals surface area contributed by atoms with Crippen molar-refractivity contribution in [3.63, 3.8) is 0 Å². The zero-order valence-corrected chi connectivity index (χ0v) is 13.0. The Balaban J connectivity index is 2.39. The van der Waals surface area contributed by atoms with Crippen LogP contribution in [0.5, 0.6) is 5.75 Å². The molecule has 0 aliphatic rings. The van der Waals surface area contributed by atoms with Crippen LogP contribution in [0.3, 0.4) is 0 Å². The van der Waals surface area contributed by atoms with Crippen molar-refractivity contribution in [2.45, 2.75) is 26.3 Å². The van der Waals surface area contributed by atoms with Crippen molar-refractivity contribution in [3.8, 4) is 5.75 Å². The lowest BCUT2D eigenvalue weighted by Gasteiger charge is -2.25. The van der Waals surface area contributed by atoms with Gasteiger partial charge in [0.15, 0.2) is 0 Å². The van der Waals surface area contributed by atoms with E-state index in [1.807, 2.05) is 24.3 Å². The zero-order chi connectivity index (χ0) is 15.0. The first-order valence-electron chi connectivity index (χ1n) is 6.88. The normalized spacial score (nSPS) is 11.1. The number of aliphatic hydroxyl groups is 1. The average molecular weight is 296 g/mol. The lowest BCUT2D eigenvalue weighted by Crippen LogP contribution is -2.36. The standard InChI is InChI=1S/C15H24N2O2S/c1-12(2)17(7-9-18)8-10-19-14-5-3-13(4-6-14)11-15(16)20/h3-6,12,18H,7-11H2,1-2H3,(H2,16,20). The first-order chi connectivity index (χ1) is 9.52. The number of aliphatic hydroxyl groups excluding tert-OH is 1. The van der Waals surface area contributed by atoms with Gasteiger partial charge in [-0.1, -0.05) is 24.4 Å². The number of nitrogens with zero attached hydrogens (tertiary/aromatic N) is 1. The molecular weight excluding hydrogens is 272 g/mol. The number of nitrogens with two attached hydrogens (primary N) is 1. The fourth-order valence-electron chi connectivity index (χ4n) is 1.94. The van der Waals surface area contributed by atoms with Gasteiger partial charge in [-0.15, -0.1) is 0 Å². The van der Waals surface area contributed by atoms with Crippen molar-refractivity contribution < 1.29 is 9.84 Å². The van der Waals surface area contributed by atoms with E-state index in [1.54, 1.807) is 0 Å². The second kappa shape index (κ2) is 8.89. The predicted octanol–water partition coefficient (Wildman–Crippen LogP) is 1.60. The van der Waals surface area contributed by atoms with Crippen molar-refractivity contribution in [1.29, 1.82) is 0 Å². The number of thiocarbonyl (C=S) groups is 1. The van der Waals surface area contributed by atoms with Crippen molar-refractivity contribution in [3.05, 3.63) is 29.8 Å². The monoisotopic (exact) mass is 296 g/mol. The Hall–Kier alpha value is -1.17. The van der Waals surface area contributed by atoms with Gasteiger partial charge in [0.25, 0.3) is 0 Å². The second-order valence-corrected chi connectivity index (χ2v) is 5.51. The van der Waals surface area contributed by atoms with Crippen LogP contribution in [0.25, 0.3) is 0 Å². The van der Waals surface area contributed by atoms with Crippen LogP contribution in [0.1, 0.15) is 19.4 Å². The molecule has 0 aliphatic carbocycles. The van der Waals surface area contributed by atoms with Crippen LogP contribution in [0.2, 0.25) is 0 Å². The largest absolute Gasteiger partial charge is 0.492 e. The van der Waals surface area contributed by atoms with Crippen LogP contribution >= 0.6 is 12.2 Å². The van der Waals surface area contributed by atoms with Gasteiger partial charge < -0.3 is 15.6 Å².